The number of rotatable bonds is 6. The molecule has 0 bridgehead atoms. The minimum absolute atomic E-state index is 0.0334. The van der Waals surface area contributed by atoms with Crippen molar-refractivity contribution in [2.75, 3.05) is 6.61 Å². The number of nitrogens with one attached hydrogen (secondary N) is 1. The molecule has 3 aromatic rings. The van der Waals surface area contributed by atoms with E-state index in [1.54, 1.807) is 23.6 Å². The molecule has 2 aromatic heterocycles. The van der Waals surface area contributed by atoms with Crippen molar-refractivity contribution in [1.29, 1.82) is 0 Å². The summed E-state index contributed by atoms with van der Waals surface area (Å²) in [6, 6.07) is 4.79. The van der Waals surface area contributed by atoms with Crippen LogP contribution < -0.4 is 5.69 Å². The highest BCUT2D eigenvalue weighted by Gasteiger charge is 2.20. The lowest BCUT2D eigenvalue weighted by atomic mass is 10.1. The summed E-state index contributed by atoms with van der Waals surface area (Å²) in [6.07, 6.45) is 1.97. The fraction of sp³-hybridized carbons (Fsp3) is 0.412. The molecule has 1 fully saturated rings. The average molecular weight is 391 g/mol. The van der Waals surface area contributed by atoms with Crippen LogP contribution in [0.4, 0.5) is 4.39 Å². The molecule has 3 heterocycles. The Morgan fingerprint density at radius 3 is 3.11 bits per heavy atom. The number of aryl methyl sites for hydroxylation is 1. The molecule has 142 valence electrons. The van der Waals surface area contributed by atoms with Gasteiger partial charge in [0.25, 0.3) is 0 Å². The molecule has 0 saturated carbocycles. The molecule has 1 saturated heterocycles. The van der Waals surface area contributed by atoms with Crippen molar-refractivity contribution < 1.29 is 13.7 Å². The third-order valence-electron chi connectivity index (χ3n) is 4.36. The van der Waals surface area contributed by atoms with E-state index in [0.29, 0.717) is 40.3 Å². The van der Waals surface area contributed by atoms with Crippen LogP contribution in [-0.2, 0) is 17.0 Å². The van der Waals surface area contributed by atoms with Crippen molar-refractivity contribution in [3.63, 3.8) is 0 Å². The van der Waals surface area contributed by atoms with Gasteiger partial charge >= 0.3 is 5.69 Å². The summed E-state index contributed by atoms with van der Waals surface area (Å²) in [7, 11) is 0. The smallest absolute Gasteiger partial charge is 0.344 e. The zero-order valence-corrected chi connectivity index (χ0v) is 15.5. The number of aromatic nitrogens is 5. The van der Waals surface area contributed by atoms with Gasteiger partial charge in [-0.05, 0) is 31.4 Å². The van der Waals surface area contributed by atoms with Gasteiger partial charge in [-0.25, -0.2) is 14.3 Å². The SMILES string of the molecule is Cc1ccc(-c2noc(CSc3n[nH]c(=O)n3CC3CCCO3)n2)cc1F. The molecule has 0 amide bonds. The summed E-state index contributed by atoms with van der Waals surface area (Å²) in [4.78, 5) is 16.3. The third-order valence-corrected chi connectivity index (χ3v) is 5.32. The van der Waals surface area contributed by atoms with Crippen molar-refractivity contribution in [2.24, 2.45) is 0 Å². The van der Waals surface area contributed by atoms with Crippen molar-refractivity contribution in [2.45, 2.75) is 43.3 Å². The second kappa shape index (κ2) is 7.65. The summed E-state index contributed by atoms with van der Waals surface area (Å²) in [5.41, 5.74) is 0.836. The summed E-state index contributed by atoms with van der Waals surface area (Å²) >= 11 is 1.31. The maximum absolute atomic E-state index is 13.7. The molecule has 0 aliphatic carbocycles. The zero-order valence-electron chi connectivity index (χ0n) is 14.6. The van der Waals surface area contributed by atoms with Crippen LogP contribution >= 0.6 is 11.8 Å². The topological polar surface area (TPSA) is 98.8 Å². The predicted octanol–water partition coefficient (Wildman–Crippen LogP) is 2.54. The monoisotopic (exact) mass is 391 g/mol. The van der Waals surface area contributed by atoms with E-state index < -0.39 is 0 Å². The molecule has 1 aliphatic heterocycles. The lowest BCUT2D eigenvalue weighted by Crippen LogP contribution is -2.24. The Labute approximate surface area is 158 Å². The molecule has 10 heteroatoms. The fourth-order valence-electron chi connectivity index (χ4n) is 2.86. The summed E-state index contributed by atoms with van der Waals surface area (Å²) in [6.45, 7) is 2.89. The van der Waals surface area contributed by atoms with Gasteiger partial charge in [0.15, 0.2) is 5.16 Å². The van der Waals surface area contributed by atoms with Crippen LogP contribution in [0.1, 0.15) is 24.3 Å². The van der Waals surface area contributed by atoms with E-state index in [1.807, 2.05) is 0 Å². The molecular weight excluding hydrogens is 373 g/mol. The highest BCUT2D eigenvalue weighted by molar-refractivity contribution is 7.98. The minimum atomic E-state index is -0.317. The predicted molar refractivity (Wildman–Crippen MR) is 95.8 cm³/mol. The summed E-state index contributed by atoms with van der Waals surface area (Å²) < 4.78 is 26.1. The maximum atomic E-state index is 13.7. The number of halogens is 1. The van der Waals surface area contributed by atoms with Gasteiger partial charge in [-0.15, -0.1) is 5.10 Å². The van der Waals surface area contributed by atoms with Crippen LogP contribution in [0.2, 0.25) is 0 Å². The van der Waals surface area contributed by atoms with Gasteiger partial charge in [0, 0.05) is 12.2 Å². The second-order valence-corrected chi connectivity index (χ2v) is 7.26. The molecule has 4 rings (SSSR count). The zero-order chi connectivity index (χ0) is 18.8. The molecule has 1 aromatic carbocycles. The van der Waals surface area contributed by atoms with Gasteiger partial charge in [-0.1, -0.05) is 29.1 Å². The van der Waals surface area contributed by atoms with Crippen LogP contribution in [0, 0.1) is 12.7 Å². The van der Waals surface area contributed by atoms with Crippen LogP contribution in [0.5, 0.6) is 0 Å². The first-order chi connectivity index (χ1) is 13.1. The van der Waals surface area contributed by atoms with Gasteiger partial charge in [0.2, 0.25) is 11.7 Å². The number of H-pyrrole nitrogens is 1. The van der Waals surface area contributed by atoms with Gasteiger partial charge in [0.1, 0.15) is 5.82 Å². The lowest BCUT2D eigenvalue weighted by Gasteiger charge is -2.10. The second-order valence-electron chi connectivity index (χ2n) is 6.32. The number of nitrogens with zero attached hydrogens (tertiary/aromatic N) is 4. The minimum Gasteiger partial charge on any atom is -0.376 e. The maximum Gasteiger partial charge on any atom is 0.344 e. The number of ether oxygens (including phenoxy) is 1. The first-order valence-electron chi connectivity index (χ1n) is 8.59. The molecule has 1 aliphatic rings. The first-order valence-corrected chi connectivity index (χ1v) is 9.57. The number of aromatic amines is 1. The quantitative estimate of drug-likeness (QED) is 0.645. The van der Waals surface area contributed by atoms with Crippen molar-refractivity contribution in [3.05, 3.63) is 46.0 Å². The Bertz CT molecular complexity index is 993. The van der Waals surface area contributed by atoms with Gasteiger partial charge in [-0.2, -0.15) is 4.98 Å². The summed E-state index contributed by atoms with van der Waals surface area (Å²) in [5.74, 6) is 0.721. The van der Waals surface area contributed by atoms with Crippen LogP contribution in [0.3, 0.4) is 0 Å². The van der Waals surface area contributed by atoms with Gasteiger partial charge in [-0.3, -0.25) is 4.57 Å². The molecule has 0 radical (unpaired) electrons. The molecule has 1 atom stereocenters. The van der Waals surface area contributed by atoms with Crippen LogP contribution in [0.25, 0.3) is 11.4 Å². The van der Waals surface area contributed by atoms with E-state index in [4.69, 9.17) is 9.26 Å². The highest BCUT2D eigenvalue weighted by Crippen LogP contribution is 2.23. The molecule has 1 unspecified atom stereocenters. The van der Waals surface area contributed by atoms with E-state index in [0.717, 1.165) is 19.4 Å². The van der Waals surface area contributed by atoms with Crippen molar-refractivity contribution >= 4 is 11.8 Å². The summed E-state index contributed by atoms with van der Waals surface area (Å²) in [5, 5.41) is 11.0. The van der Waals surface area contributed by atoms with E-state index >= 15 is 0 Å². The molecule has 0 spiro atoms. The molecule has 1 N–H and O–H groups in total. The number of thioether (sulfide) groups is 1. The van der Waals surface area contributed by atoms with E-state index in [2.05, 4.69) is 20.3 Å². The van der Waals surface area contributed by atoms with Crippen LogP contribution in [0.15, 0.2) is 32.7 Å². The van der Waals surface area contributed by atoms with Crippen LogP contribution in [-0.4, -0.2) is 37.6 Å². The van der Waals surface area contributed by atoms with E-state index in [-0.39, 0.29) is 17.6 Å². The lowest BCUT2D eigenvalue weighted by molar-refractivity contribution is 0.0941. The van der Waals surface area contributed by atoms with Crippen molar-refractivity contribution in [3.8, 4) is 11.4 Å². The average Bonchev–Trinajstić information content (AvgIpc) is 3.39. The Hall–Kier alpha value is -2.46. The Morgan fingerprint density at radius 1 is 1.44 bits per heavy atom. The molecule has 8 nitrogen and oxygen atoms in total. The fourth-order valence-corrected chi connectivity index (χ4v) is 3.65. The van der Waals surface area contributed by atoms with Gasteiger partial charge < -0.3 is 9.26 Å². The number of hydrogen-bond donors (Lipinski definition) is 1. The van der Waals surface area contributed by atoms with E-state index in [1.165, 1.54) is 17.8 Å². The Kier molecular flexibility index (Phi) is 5.08. The Morgan fingerprint density at radius 2 is 2.33 bits per heavy atom. The largest absolute Gasteiger partial charge is 0.376 e. The number of hydrogen-bond acceptors (Lipinski definition) is 7. The van der Waals surface area contributed by atoms with Crippen molar-refractivity contribution in [1.82, 2.24) is 24.9 Å². The first kappa shape index (κ1) is 17.9. The normalized spacial score (nSPS) is 16.9. The van der Waals surface area contributed by atoms with E-state index in [9.17, 15) is 9.18 Å². The van der Waals surface area contributed by atoms with Gasteiger partial charge in [0.05, 0.1) is 18.4 Å². The Balaban J connectivity index is 1.44. The number of benzene rings is 1. The molecule has 27 heavy (non-hydrogen) atoms. The molecular formula is C17H18FN5O3S. The highest BCUT2D eigenvalue weighted by atomic mass is 32.2. The third kappa shape index (κ3) is 3.96. The standard InChI is InChI=1S/C17H18FN5O3S/c1-10-4-5-11(7-13(10)18)15-19-14(26-22-15)9-27-17-21-20-16(24)23(17)8-12-3-2-6-25-12/h4-5,7,12H,2-3,6,8-9H2,1H3,(H,20,24).